The number of hydrogen-bond acceptors (Lipinski definition) is 5. The Morgan fingerprint density at radius 1 is 1.18 bits per heavy atom. The van der Waals surface area contributed by atoms with Crippen molar-refractivity contribution in [1.82, 2.24) is 4.98 Å². The Morgan fingerprint density at radius 3 is 2.59 bits per heavy atom. The molecule has 0 saturated heterocycles. The molecule has 7 heteroatoms. The van der Waals surface area contributed by atoms with E-state index in [2.05, 4.69) is 10.3 Å². The van der Waals surface area contributed by atoms with E-state index >= 15 is 0 Å². The Kier molecular flexibility index (Phi) is 3.80. The molecule has 1 aromatic heterocycles. The first-order valence-electron chi connectivity index (χ1n) is 6.50. The molecule has 0 aliphatic heterocycles. The maximum Gasteiger partial charge on any atom is 0.269 e. The Bertz CT molecular complexity index is 810. The van der Waals surface area contributed by atoms with Gasteiger partial charge in [-0.25, -0.2) is 4.98 Å². The van der Waals surface area contributed by atoms with Crippen LogP contribution in [0, 0.1) is 10.1 Å². The highest BCUT2D eigenvalue weighted by Gasteiger charge is 2.10. The normalized spacial score (nSPS) is 10.5. The summed E-state index contributed by atoms with van der Waals surface area (Å²) in [6, 6.07) is 13.6. The van der Waals surface area contributed by atoms with Gasteiger partial charge in [-0.05, 0) is 17.7 Å². The Hall–Kier alpha value is -2.80. The molecule has 0 spiro atoms. The second-order valence-electron chi connectivity index (χ2n) is 4.64. The van der Waals surface area contributed by atoms with Gasteiger partial charge in [-0.3, -0.25) is 14.9 Å². The van der Waals surface area contributed by atoms with Crippen LogP contribution in [0.5, 0.6) is 0 Å². The number of aromatic nitrogens is 1. The Balaban J connectivity index is 1.68. The number of nitro groups is 1. The molecule has 110 valence electrons. The molecule has 0 atom stereocenters. The molecule has 2 aromatic carbocycles. The van der Waals surface area contributed by atoms with Crippen LogP contribution in [0.15, 0.2) is 48.5 Å². The van der Waals surface area contributed by atoms with Crippen LogP contribution in [0.2, 0.25) is 0 Å². The number of nitrogens with one attached hydrogen (secondary N) is 1. The van der Waals surface area contributed by atoms with Crippen molar-refractivity contribution >= 4 is 38.3 Å². The molecule has 0 unspecified atom stereocenters. The third kappa shape index (κ3) is 3.09. The molecule has 0 aliphatic carbocycles. The van der Waals surface area contributed by atoms with Gasteiger partial charge in [-0.2, -0.15) is 0 Å². The lowest BCUT2D eigenvalue weighted by Gasteiger charge is -2.01. The van der Waals surface area contributed by atoms with Crippen LogP contribution >= 0.6 is 11.3 Å². The standard InChI is InChI=1S/C15H11N3O3S/c19-14(9-10-5-7-11(8-6-10)18(20)21)17-15-16-12-3-1-2-4-13(12)22-15/h1-8H,9H2,(H,16,17,19). The molecule has 1 N–H and O–H groups in total. The smallest absolute Gasteiger partial charge is 0.269 e. The lowest BCUT2D eigenvalue weighted by molar-refractivity contribution is -0.384. The van der Waals surface area contributed by atoms with Crippen LogP contribution < -0.4 is 5.32 Å². The minimum absolute atomic E-state index is 0.00957. The predicted octanol–water partition coefficient (Wildman–Crippen LogP) is 3.39. The number of carbonyl (C=O) groups is 1. The van der Waals surface area contributed by atoms with E-state index in [9.17, 15) is 14.9 Å². The van der Waals surface area contributed by atoms with Crippen molar-refractivity contribution in [2.75, 3.05) is 5.32 Å². The van der Waals surface area contributed by atoms with Crippen molar-refractivity contribution in [2.24, 2.45) is 0 Å². The molecule has 3 rings (SSSR count). The number of rotatable bonds is 4. The third-order valence-electron chi connectivity index (χ3n) is 3.05. The first-order chi connectivity index (χ1) is 10.6. The van der Waals surface area contributed by atoms with E-state index in [0.29, 0.717) is 10.7 Å². The summed E-state index contributed by atoms with van der Waals surface area (Å²) in [5, 5.41) is 13.9. The molecule has 3 aromatic rings. The summed E-state index contributed by atoms with van der Waals surface area (Å²) in [6.45, 7) is 0. The van der Waals surface area contributed by atoms with Gasteiger partial charge in [0.25, 0.3) is 5.69 Å². The largest absolute Gasteiger partial charge is 0.302 e. The van der Waals surface area contributed by atoms with Crippen molar-refractivity contribution in [3.8, 4) is 0 Å². The molecule has 0 radical (unpaired) electrons. The lowest BCUT2D eigenvalue weighted by atomic mass is 10.1. The van der Waals surface area contributed by atoms with E-state index < -0.39 is 4.92 Å². The number of fused-ring (bicyclic) bond motifs is 1. The van der Waals surface area contributed by atoms with Crippen molar-refractivity contribution in [3.05, 3.63) is 64.2 Å². The molecule has 22 heavy (non-hydrogen) atoms. The van der Waals surface area contributed by atoms with E-state index in [1.165, 1.54) is 23.5 Å². The Labute approximate surface area is 129 Å². The van der Waals surface area contributed by atoms with Gasteiger partial charge in [0.15, 0.2) is 5.13 Å². The second kappa shape index (κ2) is 5.90. The summed E-state index contributed by atoms with van der Waals surface area (Å²) in [7, 11) is 0. The molecule has 0 saturated carbocycles. The van der Waals surface area contributed by atoms with Crippen LogP contribution in [-0.2, 0) is 11.2 Å². The van der Waals surface area contributed by atoms with Gasteiger partial charge in [0.2, 0.25) is 5.91 Å². The van der Waals surface area contributed by atoms with Gasteiger partial charge in [0.05, 0.1) is 21.6 Å². The van der Waals surface area contributed by atoms with Crippen LogP contribution in [0.25, 0.3) is 10.2 Å². The van der Waals surface area contributed by atoms with Gasteiger partial charge >= 0.3 is 0 Å². The number of non-ortho nitro benzene ring substituents is 1. The van der Waals surface area contributed by atoms with E-state index in [-0.39, 0.29) is 18.0 Å². The van der Waals surface area contributed by atoms with Gasteiger partial charge in [0.1, 0.15) is 0 Å². The van der Waals surface area contributed by atoms with Crippen LogP contribution in [0.4, 0.5) is 10.8 Å². The highest BCUT2D eigenvalue weighted by atomic mass is 32.1. The summed E-state index contributed by atoms with van der Waals surface area (Å²) >= 11 is 1.41. The minimum Gasteiger partial charge on any atom is -0.302 e. The summed E-state index contributed by atoms with van der Waals surface area (Å²) in [6.07, 6.45) is 0.147. The van der Waals surface area contributed by atoms with Gasteiger partial charge in [-0.1, -0.05) is 35.6 Å². The van der Waals surface area contributed by atoms with Crippen molar-refractivity contribution < 1.29 is 9.72 Å². The maximum atomic E-state index is 12.0. The number of amides is 1. The van der Waals surface area contributed by atoms with E-state index in [4.69, 9.17) is 0 Å². The van der Waals surface area contributed by atoms with Crippen LogP contribution in [0.3, 0.4) is 0 Å². The number of nitro benzene ring substituents is 1. The molecular formula is C15H11N3O3S. The summed E-state index contributed by atoms with van der Waals surface area (Å²) in [4.78, 5) is 26.4. The maximum absolute atomic E-state index is 12.0. The van der Waals surface area contributed by atoms with Crippen LogP contribution in [0.1, 0.15) is 5.56 Å². The molecule has 1 heterocycles. The number of carbonyl (C=O) groups excluding carboxylic acids is 1. The zero-order valence-electron chi connectivity index (χ0n) is 11.4. The minimum atomic E-state index is -0.467. The lowest BCUT2D eigenvalue weighted by Crippen LogP contribution is -2.14. The first-order valence-corrected chi connectivity index (χ1v) is 7.32. The molecule has 6 nitrogen and oxygen atoms in total. The summed E-state index contributed by atoms with van der Waals surface area (Å²) < 4.78 is 1.01. The Morgan fingerprint density at radius 2 is 1.91 bits per heavy atom. The highest BCUT2D eigenvalue weighted by molar-refractivity contribution is 7.22. The quantitative estimate of drug-likeness (QED) is 0.591. The predicted molar refractivity (Wildman–Crippen MR) is 85.1 cm³/mol. The number of para-hydroxylation sites is 1. The zero-order chi connectivity index (χ0) is 15.5. The fourth-order valence-corrected chi connectivity index (χ4v) is 2.89. The van der Waals surface area contributed by atoms with E-state index in [1.807, 2.05) is 24.3 Å². The second-order valence-corrected chi connectivity index (χ2v) is 5.67. The highest BCUT2D eigenvalue weighted by Crippen LogP contribution is 2.25. The van der Waals surface area contributed by atoms with Crippen molar-refractivity contribution in [3.63, 3.8) is 0 Å². The van der Waals surface area contributed by atoms with E-state index in [1.54, 1.807) is 12.1 Å². The summed E-state index contributed by atoms with van der Waals surface area (Å²) in [5.41, 5.74) is 1.57. The fourth-order valence-electron chi connectivity index (χ4n) is 2.01. The third-order valence-corrected chi connectivity index (χ3v) is 4.00. The monoisotopic (exact) mass is 313 g/mol. The SMILES string of the molecule is O=C(Cc1ccc([N+](=O)[O-])cc1)Nc1nc2ccccc2s1. The molecule has 0 fully saturated rings. The summed E-state index contributed by atoms with van der Waals surface area (Å²) in [5.74, 6) is -0.201. The topological polar surface area (TPSA) is 85.1 Å². The van der Waals surface area contributed by atoms with Gasteiger partial charge in [0, 0.05) is 12.1 Å². The van der Waals surface area contributed by atoms with Gasteiger partial charge < -0.3 is 5.32 Å². The van der Waals surface area contributed by atoms with E-state index in [0.717, 1.165) is 10.2 Å². The first kappa shape index (κ1) is 14.2. The average molecular weight is 313 g/mol. The number of benzene rings is 2. The number of anilines is 1. The van der Waals surface area contributed by atoms with Crippen LogP contribution in [-0.4, -0.2) is 15.8 Å². The molecule has 1 amide bonds. The average Bonchev–Trinajstić information content (AvgIpc) is 2.89. The fraction of sp³-hybridized carbons (Fsp3) is 0.0667. The molecule has 0 bridgehead atoms. The van der Waals surface area contributed by atoms with Crippen molar-refractivity contribution in [1.29, 1.82) is 0 Å². The number of nitrogens with zero attached hydrogens (tertiary/aromatic N) is 2. The molecular weight excluding hydrogens is 302 g/mol. The molecule has 0 aliphatic rings. The number of thiazole rings is 1. The van der Waals surface area contributed by atoms with Gasteiger partial charge in [-0.15, -0.1) is 0 Å². The van der Waals surface area contributed by atoms with Crippen molar-refractivity contribution in [2.45, 2.75) is 6.42 Å². The zero-order valence-corrected chi connectivity index (χ0v) is 12.2. The number of hydrogen-bond donors (Lipinski definition) is 1.